The van der Waals surface area contributed by atoms with Gasteiger partial charge in [0.1, 0.15) is 0 Å². The maximum atomic E-state index is 2.44. The summed E-state index contributed by atoms with van der Waals surface area (Å²) in [5.74, 6) is 0.962. The van der Waals surface area contributed by atoms with Crippen LogP contribution in [0.1, 0.15) is 75.3 Å². The van der Waals surface area contributed by atoms with E-state index in [4.69, 9.17) is 0 Å². The van der Waals surface area contributed by atoms with Gasteiger partial charge in [-0.1, -0.05) is 68.4 Å². The Morgan fingerprint density at radius 3 is 2.00 bits per heavy atom. The summed E-state index contributed by atoms with van der Waals surface area (Å²) >= 11 is 0. The molecule has 3 rings (SSSR count). The van der Waals surface area contributed by atoms with E-state index in [1.807, 2.05) is 0 Å². The second kappa shape index (κ2) is 5.69. The molecule has 0 heteroatoms. The van der Waals surface area contributed by atoms with Gasteiger partial charge in [0.2, 0.25) is 0 Å². The van der Waals surface area contributed by atoms with Crippen molar-refractivity contribution in [3.05, 3.63) is 35.4 Å². The molecule has 0 radical (unpaired) electrons. The monoisotopic (exact) mass is 256 g/mol. The Bertz CT molecular complexity index is 389. The molecular formula is C19H28. The summed E-state index contributed by atoms with van der Waals surface area (Å²) in [5, 5.41) is 0. The van der Waals surface area contributed by atoms with Crippen LogP contribution in [0.15, 0.2) is 24.3 Å². The topological polar surface area (TPSA) is 0 Å². The van der Waals surface area contributed by atoms with Crippen molar-refractivity contribution in [1.82, 2.24) is 0 Å². The van der Waals surface area contributed by atoms with E-state index in [1.165, 1.54) is 69.8 Å². The predicted molar refractivity (Wildman–Crippen MR) is 82.5 cm³/mol. The highest BCUT2D eigenvalue weighted by Gasteiger charge is 2.41. The summed E-state index contributed by atoms with van der Waals surface area (Å²) in [6.07, 6.45) is 14.6. The second-order valence-electron chi connectivity index (χ2n) is 6.92. The van der Waals surface area contributed by atoms with Crippen LogP contribution in [0.25, 0.3) is 0 Å². The summed E-state index contributed by atoms with van der Waals surface area (Å²) < 4.78 is 0. The molecule has 0 amide bonds. The largest absolute Gasteiger partial charge is 0.0590 e. The van der Waals surface area contributed by atoms with Crippen molar-refractivity contribution in [1.29, 1.82) is 0 Å². The van der Waals surface area contributed by atoms with Gasteiger partial charge in [-0.2, -0.15) is 0 Å². The molecule has 0 aromatic heterocycles. The third-order valence-corrected chi connectivity index (χ3v) is 5.76. The van der Waals surface area contributed by atoms with Gasteiger partial charge < -0.3 is 0 Å². The van der Waals surface area contributed by atoms with E-state index in [-0.39, 0.29) is 0 Å². The third kappa shape index (κ3) is 2.59. The van der Waals surface area contributed by atoms with Crippen molar-refractivity contribution >= 4 is 0 Å². The molecule has 2 saturated carbocycles. The molecule has 0 spiro atoms. The van der Waals surface area contributed by atoms with Gasteiger partial charge in [-0.05, 0) is 49.5 Å². The fourth-order valence-corrected chi connectivity index (χ4v) is 4.66. The zero-order chi connectivity index (χ0) is 13.1. The van der Waals surface area contributed by atoms with Crippen LogP contribution < -0.4 is 0 Å². The normalized spacial score (nSPS) is 24.3. The molecule has 0 unspecified atom stereocenters. The van der Waals surface area contributed by atoms with E-state index in [0.717, 1.165) is 5.92 Å². The molecule has 104 valence electrons. The highest BCUT2D eigenvalue weighted by Crippen LogP contribution is 2.50. The molecule has 0 heterocycles. The zero-order valence-corrected chi connectivity index (χ0v) is 12.5. The lowest BCUT2D eigenvalue weighted by Crippen LogP contribution is -2.38. The van der Waals surface area contributed by atoms with Crippen molar-refractivity contribution in [2.24, 2.45) is 5.92 Å². The highest BCUT2D eigenvalue weighted by molar-refractivity contribution is 5.30. The molecule has 1 aromatic carbocycles. The number of hydrogen-bond donors (Lipinski definition) is 0. The summed E-state index contributed by atoms with van der Waals surface area (Å²) in [6, 6.07) is 9.54. The van der Waals surface area contributed by atoms with Crippen LogP contribution in [0.3, 0.4) is 0 Å². The van der Waals surface area contributed by atoms with Crippen LogP contribution in [-0.4, -0.2) is 0 Å². The molecule has 0 atom stereocenters. The first-order chi connectivity index (χ1) is 9.31. The van der Waals surface area contributed by atoms with Crippen LogP contribution in [0.4, 0.5) is 0 Å². The number of rotatable bonds is 2. The average Bonchev–Trinajstić information content (AvgIpc) is 2.49. The quantitative estimate of drug-likeness (QED) is 0.629. The van der Waals surface area contributed by atoms with Crippen molar-refractivity contribution in [2.75, 3.05) is 0 Å². The van der Waals surface area contributed by atoms with Crippen LogP contribution in [0.5, 0.6) is 0 Å². The average molecular weight is 256 g/mol. The Labute approximate surface area is 118 Å². The molecule has 2 aliphatic carbocycles. The first-order valence-electron chi connectivity index (χ1n) is 8.38. The van der Waals surface area contributed by atoms with Crippen molar-refractivity contribution < 1.29 is 0 Å². The Morgan fingerprint density at radius 1 is 0.789 bits per heavy atom. The minimum Gasteiger partial charge on any atom is -0.0590 e. The van der Waals surface area contributed by atoms with E-state index in [2.05, 4.69) is 31.2 Å². The SMILES string of the molecule is Cc1ccc(C2(C3CCCCC3)CCCCC2)cc1. The molecule has 0 N–H and O–H groups in total. The fraction of sp³-hybridized carbons (Fsp3) is 0.684. The number of aryl methyl sites for hydroxylation is 1. The second-order valence-corrected chi connectivity index (χ2v) is 6.92. The minimum atomic E-state index is 0.534. The number of hydrogen-bond acceptors (Lipinski definition) is 0. The van der Waals surface area contributed by atoms with Gasteiger partial charge in [0.25, 0.3) is 0 Å². The lowest BCUT2D eigenvalue weighted by Gasteiger charge is -2.46. The summed E-state index contributed by atoms with van der Waals surface area (Å²) in [7, 11) is 0. The molecular weight excluding hydrogens is 228 g/mol. The van der Waals surface area contributed by atoms with Crippen molar-refractivity contribution in [3.63, 3.8) is 0 Å². The molecule has 0 bridgehead atoms. The van der Waals surface area contributed by atoms with Crippen molar-refractivity contribution in [3.8, 4) is 0 Å². The predicted octanol–water partition coefficient (Wildman–Crippen LogP) is 5.78. The van der Waals surface area contributed by atoms with Crippen molar-refractivity contribution in [2.45, 2.75) is 76.5 Å². The van der Waals surface area contributed by atoms with E-state index in [1.54, 1.807) is 5.56 Å². The van der Waals surface area contributed by atoms with Crippen LogP contribution >= 0.6 is 0 Å². The van der Waals surface area contributed by atoms with E-state index in [9.17, 15) is 0 Å². The maximum Gasteiger partial charge on any atom is -0.00188 e. The maximum absolute atomic E-state index is 2.44. The number of benzene rings is 1. The Hall–Kier alpha value is -0.780. The molecule has 2 fully saturated rings. The van der Waals surface area contributed by atoms with Gasteiger partial charge in [-0.15, -0.1) is 0 Å². The zero-order valence-electron chi connectivity index (χ0n) is 12.5. The molecule has 2 aliphatic rings. The Morgan fingerprint density at radius 2 is 1.37 bits per heavy atom. The van der Waals surface area contributed by atoms with Gasteiger partial charge in [-0.25, -0.2) is 0 Å². The van der Waals surface area contributed by atoms with E-state index in [0.29, 0.717) is 5.41 Å². The lowest BCUT2D eigenvalue weighted by atomic mass is 9.58. The molecule has 0 saturated heterocycles. The van der Waals surface area contributed by atoms with Gasteiger partial charge in [0.15, 0.2) is 0 Å². The first-order valence-corrected chi connectivity index (χ1v) is 8.38. The Kier molecular flexibility index (Phi) is 3.96. The van der Waals surface area contributed by atoms with Crippen LogP contribution in [0.2, 0.25) is 0 Å². The molecule has 1 aromatic rings. The summed E-state index contributed by atoms with van der Waals surface area (Å²) in [6.45, 7) is 2.21. The van der Waals surface area contributed by atoms with Crippen LogP contribution in [0, 0.1) is 12.8 Å². The standard InChI is InChI=1S/C19H28/c1-16-10-12-18(13-11-16)19(14-6-3-7-15-19)17-8-4-2-5-9-17/h10-13,17H,2-9,14-15H2,1H3. The van der Waals surface area contributed by atoms with Gasteiger partial charge in [0.05, 0.1) is 0 Å². The van der Waals surface area contributed by atoms with Gasteiger partial charge in [0, 0.05) is 0 Å². The summed E-state index contributed by atoms with van der Waals surface area (Å²) in [5.41, 5.74) is 3.59. The smallest absolute Gasteiger partial charge is 0.00188 e. The van der Waals surface area contributed by atoms with Crippen LogP contribution in [-0.2, 0) is 5.41 Å². The fourth-order valence-electron chi connectivity index (χ4n) is 4.66. The first kappa shape index (κ1) is 13.2. The molecule has 0 nitrogen and oxygen atoms in total. The minimum absolute atomic E-state index is 0.534. The third-order valence-electron chi connectivity index (χ3n) is 5.76. The molecule has 19 heavy (non-hydrogen) atoms. The van der Waals surface area contributed by atoms with Gasteiger partial charge in [-0.3, -0.25) is 0 Å². The summed E-state index contributed by atoms with van der Waals surface area (Å²) in [4.78, 5) is 0. The van der Waals surface area contributed by atoms with E-state index >= 15 is 0 Å². The van der Waals surface area contributed by atoms with E-state index < -0.39 is 0 Å². The Balaban J connectivity index is 1.93. The lowest BCUT2D eigenvalue weighted by molar-refractivity contribution is 0.148. The van der Waals surface area contributed by atoms with Gasteiger partial charge >= 0.3 is 0 Å². The highest BCUT2D eigenvalue weighted by atomic mass is 14.4. The molecule has 0 aliphatic heterocycles.